The smallest absolute Gasteiger partial charge is 0.269 e. The number of carbonyl (C=O) groups is 2. The highest BCUT2D eigenvalue weighted by Crippen LogP contribution is 2.18. The Labute approximate surface area is 150 Å². The van der Waals surface area contributed by atoms with Gasteiger partial charge in [-0.15, -0.1) is 0 Å². The van der Waals surface area contributed by atoms with Crippen LogP contribution in [0.25, 0.3) is 0 Å². The van der Waals surface area contributed by atoms with Crippen LogP contribution in [0.4, 0.5) is 11.4 Å². The number of nitro groups is 1. The molecule has 0 atom stereocenters. The Kier molecular flexibility index (Phi) is 6.67. The summed E-state index contributed by atoms with van der Waals surface area (Å²) in [4.78, 5) is 32.6. The molecule has 0 aliphatic rings. The van der Waals surface area contributed by atoms with E-state index >= 15 is 0 Å². The van der Waals surface area contributed by atoms with Crippen LogP contribution < -0.4 is 15.8 Å². The number of nitrogens with zero attached hydrogens (tertiary/aromatic N) is 1. The number of nitro benzene ring substituents is 1. The lowest BCUT2D eigenvalue weighted by Gasteiger charge is -2.08. The molecule has 0 aliphatic carbocycles. The number of aldehydes is 1. The van der Waals surface area contributed by atoms with Gasteiger partial charge < -0.3 is 15.8 Å². The van der Waals surface area contributed by atoms with Gasteiger partial charge in [-0.25, -0.2) is 0 Å². The summed E-state index contributed by atoms with van der Waals surface area (Å²) in [5, 5.41) is 13.3. The fraction of sp³-hybridized carbons (Fsp3) is 0.222. The van der Waals surface area contributed by atoms with Crippen molar-refractivity contribution in [2.45, 2.75) is 19.4 Å². The number of nitrogen functional groups attached to an aromatic ring is 1. The van der Waals surface area contributed by atoms with Crippen LogP contribution in [0, 0.1) is 10.1 Å². The first-order chi connectivity index (χ1) is 12.5. The Morgan fingerprint density at radius 2 is 1.96 bits per heavy atom. The first-order valence-corrected chi connectivity index (χ1v) is 7.97. The number of carbonyl (C=O) groups excluding carboxylic acids is 2. The molecule has 26 heavy (non-hydrogen) atoms. The summed E-state index contributed by atoms with van der Waals surface area (Å²) >= 11 is 0. The van der Waals surface area contributed by atoms with Crippen LogP contribution in [0.3, 0.4) is 0 Å². The van der Waals surface area contributed by atoms with Crippen LogP contribution in [-0.2, 0) is 11.3 Å². The van der Waals surface area contributed by atoms with E-state index in [-0.39, 0.29) is 18.0 Å². The molecule has 8 nitrogen and oxygen atoms in total. The summed E-state index contributed by atoms with van der Waals surface area (Å²) in [6.07, 6.45) is 1.48. The fourth-order valence-corrected chi connectivity index (χ4v) is 2.20. The minimum atomic E-state index is -0.470. The van der Waals surface area contributed by atoms with E-state index in [9.17, 15) is 19.7 Å². The Hall–Kier alpha value is -3.42. The number of anilines is 1. The summed E-state index contributed by atoms with van der Waals surface area (Å²) in [5.74, 6) is 0.405. The van der Waals surface area contributed by atoms with Gasteiger partial charge in [0.15, 0.2) is 6.29 Å². The highest BCUT2D eigenvalue weighted by Gasteiger charge is 2.06. The Bertz CT molecular complexity index is 790. The van der Waals surface area contributed by atoms with Crippen molar-refractivity contribution >= 4 is 23.6 Å². The summed E-state index contributed by atoms with van der Waals surface area (Å²) in [7, 11) is 0. The second-order valence-corrected chi connectivity index (χ2v) is 5.56. The number of rotatable bonds is 9. The molecule has 0 saturated carbocycles. The maximum Gasteiger partial charge on any atom is 0.269 e. The Morgan fingerprint density at radius 1 is 1.23 bits per heavy atom. The van der Waals surface area contributed by atoms with E-state index in [4.69, 9.17) is 10.5 Å². The molecule has 0 aliphatic heterocycles. The van der Waals surface area contributed by atoms with E-state index in [1.165, 1.54) is 12.1 Å². The third-order valence-corrected chi connectivity index (χ3v) is 3.64. The van der Waals surface area contributed by atoms with E-state index < -0.39 is 4.92 Å². The topological polar surface area (TPSA) is 125 Å². The molecule has 2 aromatic rings. The average molecular weight is 357 g/mol. The van der Waals surface area contributed by atoms with Crippen molar-refractivity contribution in [3.05, 3.63) is 63.7 Å². The van der Waals surface area contributed by atoms with Gasteiger partial charge in [0.2, 0.25) is 5.91 Å². The molecule has 1 amide bonds. The lowest BCUT2D eigenvalue weighted by molar-refractivity contribution is -0.384. The van der Waals surface area contributed by atoms with Crippen molar-refractivity contribution < 1.29 is 19.2 Å². The largest absolute Gasteiger partial charge is 0.494 e. The van der Waals surface area contributed by atoms with E-state index in [1.807, 2.05) is 0 Å². The van der Waals surface area contributed by atoms with Crippen molar-refractivity contribution in [2.75, 3.05) is 12.3 Å². The van der Waals surface area contributed by atoms with Gasteiger partial charge in [0, 0.05) is 42.4 Å². The number of amides is 1. The van der Waals surface area contributed by atoms with Gasteiger partial charge >= 0.3 is 0 Å². The van der Waals surface area contributed by atoms with E-state index in [0.717, 1.165) is 5.56 Å². The van der Waals surface area contributed by atoms with Gasteiger partial charge in [0.1, 0.15) is 5.75 Å². The van der Waals surface area contributed by atoms with Gasteiger partial charge in [-0.2, -0.15) is 0 Å². The minimum Gasteiger partial charge on any atom is -0.494 e. The average Bonchev–Trinajstić information content (AvgIpc) is 2.64. The van der Waals surface area contributed by atoms with Gasteiger partial charge in [-0.3, -0.25) is 19.7 Å². The Balaban J connectivity index is 1.68. The molecule has 136 valence electrons. The molecule has 8 heteroatoms. The quantitative estimate of drug-likeness (QED) is 0.233. The number of nitrogens with two attached hydrogens (primary N) is 1. The van der Waals surface area contributed by atoms with Crippen LogP contribution in [0.5, 0.6) is 5.75 Å². The van der Waals surface area contributed by atoms with Gasteiger partial charge in [-0.1, -0.05) is 12.1 Å². The first kappa shape index (κ1) is 18.9. The molecule has 0 aromatic heterocycles. The summed E-state index contributed by atoms with van der Waals surface area (Å²) in [6.45, 7) is 0.645. The van der Waals surface area contributed by atoms with Crippen LogP contribution in [0.15, 0.2) is 42.5 Å². The van der Waals surface area contributed by atoms with Crippen molar-refractivity contribution in [1.82, 2.24) is 5.32 Å². The molecule has 2 aromatic carbocycles. The SMILES string of the molecule is Nc1cc(OCCCC(=O)NCc2ccc([N+](=O)[O-])cc2)ccc1C=O. The van der Waals surface area contributed by atoms with Gasteiger partial charge in [0.05, 0.1) is 11.5 Å². The van der Waals surface area contributed by atoms with Crippen molar-refractivity contribution in [1.29, 1.82) is 0 Å². The number of non-ortho nitro benzene ring substituents is 1. The number of hydrogen-bond acceptors (Lipinski definition) is 6. The summed E-state index contributed by atoms with van der Waals surface area (Å²) in [6, 6.07) is 10.8. The lowest BCUT2D eigenvalue weighted by Crippen LogP contribution is -2.22. The molecule has 0 fully saturated rings. The molecular formula is C18H19N3O5. The van der Waals surface area contributed by atoms with Gasteiger partial charge in [0.25, 0.3) is 5.69 Å². The monoisotopic (exact) mass is 357 g/mol. The number of benzene rings is 2. The zero-order valence-corrected chi connectivity index (χ0v) is 14.0. The summed E-state index contributed by atoms with van der Waals surface area (Å²) in [5.41, 5.74) is 7.24. The fourth-order valence-electron chi connectivity index (χ4n) is 2.20. The highest BCUT2D eigenvalue weighted by molar-refractivity contribution is 5.83. The normalized spacial score (nSPS) is 10.2. The van der Waals surface area contributed by atoms with Crippen LogP contribution in [-0.4, -0.2) is 23.7 Å². The minimum absolute atomic E-state index is 0.0130. The van der Waals surface area contributed by atoms with Gasteiger partial charge in [-0.05, 0) is 24.1 Å². The molecule has 0 saturated heterocycles. The maximum absolute atomic E-state index is 11.8. The predicted molar refractivity (Wildman–Crippen MR) is 95.9 cm³/mol. The maximum atomic E-state index is 11.8. The van der Waals surface area contributed by atoms with E-state index in [0.29, 0.717) is 42.9 Å². The third kappa shape index (κ3) is 5.59. The van der Waals surface area contributed by atoms with Crippen LogP contribution >= 0.6 is 0 Å². The second kappa shape index (κ2) is 9.16. The molecule has 3 N–H and O–H groups in total. The lowest BCUT2D eigenvalue weighted by atomic mass is 10.2. The number of ether oxygens (including phenoxy) is 1. The highest BCUT2D eigenvalue weighted by atomic mass is 16.6. The van der Waals surface area contributed by atoms with Crippen LogP contribution in [0.1, 0.15) is 28.8 Å². The predicted octanol–water partition coefficient (Wildman–Crippen LogP) is 2.46. The molecule has 0 bridgehead atoms. The van der Waals surface area contributed by atoms with E-state index in [1.54, 1.807) is 30.3 Å². The molecule has 0 unspecified atom stereocenters. The summed E-state index contributed by atoms with van der Waals surface area (Å²) < 4.78 is 5.50. The molecular weight excluding hydrogens is 338 g/mol. The molecule has 2 rings (SSSR count). The second-order valence-electron chi connectivity index (χ2n) is 5.56. The first-order valence-electron chi connectivity index (χ1n) is 7.97. The van der Waals surface area contributed by atoms with Crippen molar-refractivity contribution in [3.63, 3.8) is 0 Å². The number of nitrogens with one attached hydrogen (secondary N) is 1. The van der Waals surface area contributed by atoms with E-state index in [2.05, 4.69) is 5.32 Å². The number of hydrogen-bond donors (Lipinski definition) is 2. The van der Waals surface area contributed by atoms with Crippen molar-refractivity contribution in [2.24, 2.45) is 0 Å². The molecule has 0 spiro atoms. The Morgan fingerprint density at radius 3 is 2.58 bits per heavy atom. The zero-order valence-electron chi connectivity index (χ0n) is 14.0. The standard InChI is InChI=1S/C18H19N3O5/c19-17-10-16(8-5-14(17)12-22)26-9-1-2-18(23)20-11-13-3-6-15(7-4-13)21(24)25/h3-8,10,12H,1-2,9,11,19H2,(H,20,23). The molecule has 0 heterocycles. The zero-order chi connectivity index (χ0) is 18.9. The van der Waals surface area contributed by atoms with Crippen LogP contribution in [0.2, 0.25) is 0 Å². The van der Waals surface area contributed by atoms with Crippen molar-refractivity contribution in [3.8, 4) is 5.75 Å². The third-order valence-electron chi connectivity index (χ3n) is 3.64. The molecule has 0 radical (unpaired) electrons.